The van der Waals surface area contributed by atoms with Gasteiger partial charge in [0.05, 0.1) is 34.1 Å². The molecule has 1 N–H and O–H groups in total. The van der Waals surface area contributed by atoms with Crippen LogP contribution in [0.3, 0.4) is 0 Å². The van der Waals surface area contributed by atoms with Gasteiger partial charge in [-0.3, -0.25) is 0 Å². The van der Waals surface area contributed by atoms with Crippen molar-refractivity contribution >= 4 is 29.8 Å². The summed E-state index contributed by atoms with van der Waals surface area (Å²) in [4.78, 5) is 0.603. The van der Waals surface area contributed by atoms with E-state index < -0.39 is 5.82 Å². The van der Waals surface area contributed by atoms with Gasteiger partial charge in [-0.15, -0.1) is 0 Å². The van der Waals surface area contributed by atoms with Gasteiger partial charge in [0.1, 0.15) is 5.82 Å². The highest BCUT2D eigenvalue weighted by Gasteiger charge is 2.15. The second-order valence-electron chi connectivity index (χ2n) is 6.50. The molecular formula is C24H23F2NO4S. The molecule has 0 heterocycles. The lowest BCUT2D eigenvalue weighted by atomic mass is 10.1. The Kier molecular flexibility index (Phi) is 7.83. The van der Waals surface area contributed by atoms with Crippen LogP contribution in [0.2, 0.25) is 0 Å². The average molecular weight is 460 g/mol. The van der Waals surface area contributed by atoms with Crippen LogP contribution in [-0.2, 0) is 0 Å². The summed E-state index contributed by atoms with van der Waals surface area (Å²) in [5.41, 5.74) is 1.54. The van der Waals surface area contributed by atoms with E-state index in [2.05, 4.69) is 4.72 Å². The van der Waals surface area contributed by atoms with Crippen molar-refractivity contribution in [2.75, 3.05) is 33.2 Å². The van der Waals surface area contributed by atoms with Gasteiger partial charge in [0.15, 0.2) is 23.1 Å². The van der Waals surface area contributed by atoms with Gasteiger partial charge in [0.25, 0.3) is 0 Å². The molecule has 0 atom stereocenters. The van der Waals surface area contributed by atoms with Crippen LogP contribution in [0.1, 0.15) is 11.1 Å². The third-order valence-corrected chi connectivity index (χ3v) is 5.36. The van der Waals surface area contributed by atoms with Crippen molar-refractivity contribution in [2.24, 2.45) is 0 Å². The van der Waals surface area contributed by atoms with E-state index in [0.717, 1.165) is 17.5 Å². The first-order valence-electron chi connectivity index (χ1n) is 9.53. The molecule has 0 amide bonds. The Morgan fingerprint density at radius 1 is 0.781 bits per heavy atom. The number of nitrogens with one attached hydrogen (secondary N) is 1. The molecule has 0 saturated heterocycles. The molecule has 5 nitrogen and oxygen atoms in total. The summed E-state index contributed by atoms with van der Waals surface area (Å²) in [6, 6.07) is 12.9. The number of benzene rings is 3. The largest absolute Gasteiger partial charge is 0.494 e. The van der Waals surface area contributed by atoms with E-state index in [1.165, 1.54) is 40.6 Å². The second-order valence-corrected chi connectivity index (χ2v) is 7.38. The van der Waals surface area contributed by atoms with Crippen molar-refractivity contribution in [2.45, 2.75) is 4.90 Å². The third kappa shape index (κ3) is 5.26. The predicted octanol–water partition coefficient (Wildman–Crippen LogP) is 6.29. The number of ether oxygens (including phenoxy) is 4. The fourth-order valence-corrected chi connectivity index (χ4v) is 3.74. The fraction of sp³-hybridized carbons (Fsp3) is 0.167. The highest BCUT2D eigenvalue weighted by atomic mass is 32.2. The van der Waals surface area contributed by atoms with E-state index in [0.29, 0.717) is 27.7 Å². The summed E-state index contributed by atoms with van der Waals surface area (Å²) < 4.78 is 52.7. The molecule has 168 valence electrons. The van der Waals surface area contributed by atoms with Crippen LogP contribution >= 0.6 is 11.9 Å². The quantitative estimate of drug-likeness (QED) is 0.300. The van der Waals surface area contributed by atoms with Crippen molar-refractivity contribution in [3.63, 3.8) is 0 Å². The van der Waals surface area contributed by atoms with Crippen LogP contribution in [0.5, 0.6) is 23.0 Å². The van der Waals surface area contributed by atoms with Crippen LogP contribution in [0.25, 0.3) is 12.2 Å². The SMILES string of the molecule is COc1ccc(/C=C\c2cc(OC)c(OC)c(OC)c2)c(NSc2cccc(F)c2)c1F. The first-order valence-corrected chi connectivity index (χ1v) is 10.3. The molecule has 0 aliphatic rings. The number of anilines is 1. The first kappa shape index (κ1) is 23.3. The Morgan fingerprint density at radius 3 is 2.06 bits per heavy atom. The summed E-state index contributed by atoms with van der Waals surface area (Å²) in [6.45, 7) is 0. The minimum absolute atomic E-state index is 0.0947. The minimum atomic E-state index is -0.552. The van der Waals surface area contributed by atoms with Gasteiger partial charge >= 0.3 is 0 Å². The summed E-state index contributed by atoms with van der Waals surface area (Å²) in [6.07, 6.45) is 3.54. The average Bonchev–Trinajstić information content (AvgIpc) is 2.81. The molecule has 0 saturated carbocycles. The van der Waals surface area contributed by atoms with Crippen molar-refractivity contribution in [3.05, 3.63) is 71.3 Å². The first-order chi connectivity index (χ1) is 15.5. The molecule has 0 spiro atoms. The monoisotopic (exact) mass is 459 g/mol. The second kappa shape index (κ2) is 10.8. The van der Waals surface area contributed by atoms with Crippen molar-refractivity contribution < 1.29 is 27.7 Å². The zero-order valence-corrected chi connectivity index (χ0v) is 18.9. The maximum atomic E-state index is 15.0. The van der Waals surface area contributed by atoms with Gasteiger partial charge < -0.3 is 23.7 Å². The van der Waals surface area contributed by atoms with Crippen LogP contribution in [0.15, 0.2) is 53.4 Å². The number of methoxy groups -OCH3 is 4. The van der Waals surface area contributed by atoms with Crippen molar-refractivity contribution in [3.8, 4) is 23.0 Å². The molecule has 32 heavy (non-hydrogen) atoms. The fourth-order valence-electron chi connectivity index (χ4n) is 3.00. The lowest BCUT2D eigenvalue weighted by Crippen LogP contribution is -1.98. The maximum absolute atomic E-state index is 15.0. The van der Waals surface area contributed by atoms with Crippen LogP contribution in [0, 0.1) is 11.6 Å². The van der Waals surface area contributed by atoms with E-state index in [-0.39, 0.29) is 17.3 Å². The molecule has 0 aliphatic heterocycles. The molecule has 0 fully saturated rings. The number of rotatable bonds is 9. The molecule has 0 aromatic heterocycles. The van der Waals surface area contributed by atoms with Gasteiger partial charge in [-0.2, -0.15) is 0 Å². The highest BCUT2D eigenvalue weighted by molar-refractivity contribution is 8.00. The van der Waals surface area contributed by atoms with Crippen LogP contribution in [-0.4, -0.2) is 28.4 Å². The molecule has 8 heteroatoms. The van der Waals surface area contributed by atoms with Crippen molar-refractivity contribution in [1.29, 1.82) is 0 Å². The zero-order valence-electron chi connectivity index (χ0n) is 18.1. The molecule has 3 rings (SSSR count). The molecule has 0 unspecified atom stereocenters. The zero-order chi connectivity index (χ0) is 23.1. The van der Waals surface area contributed by atoms with E-state index in [9.17, 15) is 4.39 Å². The van der Waals surface area contributed by atoms with Gasteiger partial charge in [-0.25, -0.2) is 8.78 Å². The van der Waals surface area contributed by atoms with E-state index >= 15 is 4.39 Å². The number of hydrogen-bond acceptors (Lipinski definition) is 6. The Hall–Kier alpha value is -3.39. The third-order valence-electron chi connectivity index (χ3n) is 4.57. The molecule has 3 aromatic rings. The van der Waals surface area contributed by atoms with Crippen LogP contribution in [0.4, 0.5) is 14.5 Å². The Bertz CT molecular complexity index is 1100. The number of hydrogen-bond donors (Lipinski definition) is 1. The topological polar surface area (TPSA) is 49.0 Å². The van der Waals surface area contributed by atoms with E-state index in [4.69, 9.17) is 18.9 Å². The van der Waals surface area contributed by atoms with Crippen LogP contribution < -0.4 is 23.7 Å². The summed E-state index contributed by atoms with van der Waals surface area (Å²) >= 11 is 1.10. The van der Waals surface area contributed by atoms with Gasteiger partial charge in [0, 0.05) is 10.5 Å². The van der Waals surface area contributed by atoms with Gasteiger partial charge in [-0.1, -0.05) is 18.2 Å². The minimum Gasteiger partial charge on any atom is -0.494 e. The smallest absolute Gasteiger partial charge is 0.203 e. The summed E-state index contributed by atoms with van der Waals surface area (Å²) in [7, 11) is 6.00. The highest BCUT2D eigenvalue weighted by Crippen LogP contribution is 2.39. The normalized spacial score (nSPS) is 10.8. The maximum Gasteiger partial charge on any atom is 0.203 e. The van der Waals surface area contributed by atoms with Gasteiger partial charge in [0.2, 0.25) is 5.75 Å². The molecule has 0 aliphatic carbocycles. The molecule has 0 radical (unpaired) electrons. The molecule has 3 aromatic carbocycles. The summed E-state index contributed by atoms with van der Waals surface area (Å²) in [5, 5.41) is 0. The van der Waals surface area contributed by atoms with Crippen molar-refractivity contribution in [1.82, 2.24) is 0 Å². The van der Waals surface area contributed by atoms with E-state index in [1.807, 2.05) is 0 Å². The Balaban J connectivity index is 1.95. The Morgan fingerprint density at radius 2 is 1.47 bits per heavy atom. The van der Waals surface area contributed by atoms with E-state index in [1.54, 1.807) is 48.6 Å². The lowest BCUT2D eigenvalue weighted by molar-refractivity contribution is 0.324. The summed E-state index contributed by atoms with van der Waals surface area (Å²) in [5.74, 6) is 0.669. The number of halogens is 2. The predicted molar refractivity (Wildman–Crippen MR) is 124 cm³/mol. The Labute approximate surface area is 190 Å². The standard InChI is InChI=1S/C24H23F2NO4S/c1-28-19-11-10-16(23(22(19)26)27-32-18-7-5-6-17(25)14-18)9-8-15-12-20(29-2)24(31-4)21(13-15)30-3/h5-14,27H,1-4H3/b9-8-. The molecular weight excluding hydrogens is 436 g/mol. The lowest BCUT2D eigenvalue weighted by Gasteiger charge is -2.14. The molecule has 0 bridgehead atoms. The van der Waals surface area contributed by atoms with Gasteiger partial charge in [-0.05, 0) is 60.0 Å².